The summed E-state index contributed by atoms with van der Waals surface area (Å²) < 4.78 is 12.0. The zero-order valence-electron chi connectivity index (χ0n) is 33.4. The van der Waals surface area contributed by atoms with E-state index in [2.05, 4.69) is 19.2 Å². The maximum Gasteiger partial charge on any atom is 0.317 e. The molecular weight excluding hydrogens is 677 g/mol. The summed E-state index contributed by atoms with van der Waals surface area (Å²) in [6.45, 7) is 16.5. The minimum atomic E-state index is -0.509. The topological polar surface area (TPSA) is 114 Å². The highest BCUT2D eigenvalue weighted by atomic mass is 16.5. The Kier molecular flexibility index (Phi) is 9.59. The van der Waals surface area contributed by atoms with Gasteiger partial charge in [0.2, 0.25) is 5.78 Å². The lowest BCUT2D eigenvalue weighted by Crippen LogP contribution is -2.38. The first-order valence-corrected chi connectivity index (χ1v) is 20.4. The number of esters is 2. The lowest BCUT2D eigenvalue weighted by molar-refractivity contribution is -0.147. The summed E-state index contributed by atoms with van der Waals surface area (Å²) in [5.74, 6) is 0.570. The third kappa shape index (κ3) is 5.44. The lowest BCUT2D eigenvalue weighted by atomic mass is 9.64. The number of aliphatic hydroxyl groups excluding tert-OH is 1. The molecule has 8 nitrogen and oxygen atoms in total. The first kappa shape index (κ1) is 37.8. The molecule has 0 amide bonds. The van der Waals surface area contributed by atoms with Crippen LogP contribution in [0.3, 0.4) is 0 Å². The van der Waals surface area contributed by atoms with Crippen LogP contribution in [0.15, 0.2) is 75.1 Å². The van der Waals surface area contributed by atoms with Gasteiger partial charge in [-0.1, -0.05) is 41.5 Å². The summed E-state index contributed by atoms with van der Waals surface area (Å²) in [6, 6.07) is 11.4. The Labute approximate surface area is 320 Å². The van der Waals surface area contributed by atoms with E-state index in [9.17, 15) is 19.5 Å². The van der Waals surface area contributed by atoms with Crippen LogP contribution in [0, 0.1) is 10.8 Å². The van der Waals surface area contributed by atoms with E-state index in [-0.39, 0.29) is 23.5 Å². The van der Waals surface area contributed by atoms with Gasteiger partial charge in [0.15, 0.2) is 0 Å². The molecule has 1 saturated carbocycles. The van der Waals surface area contributed by atoms with E-state index in [4.69, 9.17) is 14.5 Å². The highest BCUT2D eigenvalue weighted by Gasteiger charge is 2.51. The Bertz CT molecular complexity index is 2060. The molecule has 3 aliphatic carbocycles. The summed E-state index contributed by atoms with van der Waals surface area (Å²) in [4.78, 5) is 46.0. The largest absolute Gasteiger partial charge is 0.506 e. The van der Waals surface area contributed by atoms with Crippen LogP contribution in [0.5, 0.6) is 11.5 Å². The van der Waals surface area contributed by atoms with Crippen LogP contribution >= 0.6 is 0 Å². The number of carbonyl (C=O) groups is 3. The molecule has 0 saturated heterocycles. The second kappa shape index (κ2) is 13.7. The molecule has 2 aliphatic heterocycles. The molecule has 8 heteroatoms. The van der Waals surface area contributed by atoms with Crippen LogP contribution in [0.2, 0.25) is 0 Å². The van der Waals surface area contributed by atoms with Crippen molar-refractivity contribution in [3.8, 4) is 11.5 Å². The molecule has 0 aromatic heterocycles. The quantitative estimate of drug-likeness (QED) is 0.134. The van der Waals surface area contributed by atoms with Gasteiger partial charge in [0, 0.05) is 22.2 Å². The molecule has 54 heavy (non-hydrogen) atoms. The Morgan fingerprint density at radius 1 is 0.741 bits per heavy atom. The van der Waals surface area contributed by atoms with Crippen molar-refractivity contribution < 1.29 is 29.0 Å². The first-order valence-electron chi connectivity index (χ1n) is 20.4. The smallest absolute Gasteiger partial charge is 0.317 e. The van der Waals surface area contributed by atoms with E-state index >= 15 is 0 Å². The van der Waals surface area contributed by atoms with Crippen molar-refractivity contribution in [2.45, 2.75) is 143 Å². The van der Waals surface area contributed by atoms with Gasteiger partial charge in [0.25, 0.3) is 0 Å². The maximum atomic E-state index is 14.3. The summed E-state index contributed by atoms with van der Waals surface area (Å²) >= 11 is 0. The number of fused-ring (bicyclic) bond motifs is 6. The molecule has 2 aromatic rings. The minimum Gasteiger partial charge on any atom is -0.506 e. The number of ketones is 1. The first-order chi connectivity index (χ1) is 25.8. The Morgan fingerprint density at radius 3 is 1.81 bits per heavy atom. The van der Waals surface area contributed by atoms with E-state index in [1.165, 1.54) is 0 Å². The summed E-state index contributed by atoms with van der Waals surface area (Å²) in [5.41, 5.74) is 6.07. The van der Waals surface area contributed by atoms with Gasteiger partial charge >= 0.3 is 11.9 Å². The van der Waals surface area contributed by atoms with Crippen molar-refractivity contribution in [2.75, 3.05) is 5.32 Å². The number of allylic oxidation sites excluding steroid dienone is 5. The number of hydrogen-bond donors (Lipinski definition) is 2. The molecule has 7 rings (SSSR count). The molecule has 1 fully saturated rings. The van der Waals surface area contributed by atoms with Gasteiger partial charge < -0.3 is 19.9 Å². The molecule has 0 bridgehead atoms. The van der Waals surface area contributed by atoms with Crippen molar-refractivity contribution in [1.29, 1.82) is 0 Å². The molecule has 2 unspecified atom stereocenters. The Morgan fingerprint density at radius 2 is 1.26 bits per heavy atom. The summed E-state index contributed by atoms with van der Waals surface area (Å²) in [7, 11) is 0. The summed E-state index contributed by atoms with van der Waals surface area (Å²) in [6.07, 6.45) is 9.04. The molecule has 2 atom stereocenters. The highest BCUT2D eigenvalue weighted by Crippen LogP contribution is 2.56. The molecule has 286 valence electrons. The van der Waals surface area contributed by atoms with Crippen molar-refractivity contribution in [2.24, 2.45) is 15.8 Å². The fraction of sp³-hybridized carbons (Fsp3) is 0.522. The van der Waals surface area contributed by atoms with E-state index in [1.807, 2.05) is 77.9 Å². The number of anilines is 1. The van der Waals surface area contributed by atoms with E-state index < -0.39 is 21.7 Å². The number of nitrogens with one attached hydrogen (secondary N) is 1. The van der Waals surface area contributed by atoms with E-state index in [0.29, 0.717) is 35.5 Å². The standard InChI is InChI=1S/C46H56N2O6/c1-9-45(10-2,11-3)41(51)53-27-19-21-33-31(25-27)43(7)23-15-17-29(39(43)47-33)35-37(49)36(38(35)50)30-18-16-24-44(8)32-26-28(20-22-34(32)48-40(30)44)54-42(52)46(12-4,13-5)14-6/h19-22,25-26,47,49H,9-18,23-24H2,1-8H3/b36-30+. The SMILES string of the molecule is CCC(CC)(CC)C(=O)Oc1ccc2c(c1)C1(C)CCC/C(=C3\C(=O)C(C4=C5Nc6ccc(OC(=O)C(CC)(CC)CC)cc6C5(C)CCC4)=C3O)C1=N2. The Hall–Kier alpha value is -4.46. The van der Waals surface area contributed by atoms with Crippen molar-refractivity contribution in [3.63, 3.8) is 0 Å². The fourth-order valence-electron chi connectivity index (χ4n) is 10.1. The number of nitrogens with zero attached hydrogens (tertiary/aromatic N) is 1. The molecule has 2 heterocycles. The van der Waals surface area contributed by atoms with Crippen LogP contribution in [0.25, 0.3) is 0 Å². The average Bonchev–Trinajstić information content (AvgIpc) is 3.64. The van der Waals surface area contributed by atoms with Crippen molar-refractivity contribution in [3.05, 3.63) is 81.3 Å². The number of Topliss-reactive ketones (excluding diaryl/α,β-unsaturated/α-hetero) is 1. The second-order valence-electron chi connectivity index (χ2n) is 16.6. The van der Waals surface area contributed by atoms with E-state index in [1.54, 1.807) is 0 Å². The third-order valence-electron chi connectivity index (χ3n) is 14.4. The van der Waals surface area contributed by atoms with Crippen LogP contribution in [0.1, 0.15) is 144 Å². The third-order valence-corrected chi connectivity index (χ3v) is 14.4. The minimum absolute atomic E-state index is 0.0525. The van der Waals surface area contributed by atoms with Gasteiger partial charge in [-0.15, -0.1) is 0 Å². The monoisotopic (exact) mass is 732 g/mol. The molecule has 0 spiro atoms. The number of carbonyl (C=O) groups excluding carboxylic acids is 3. The van der Waals surface area contributed by atoms with Crippen molar-refractivity contribution >= 4 is 34.8 Å². The molecule has 0 radical (unpaired) electrons. The number of benzene rings is 2. The van der Waals surface area contributed by atoms with Gasteiger partial charge in [0.05, 0.1) is 33.4 Å². The number of hydrogen-bond acceptors (Lipinski definition) is 8. The van der Waals surface area contributed by atoms with Crippen LogP contribution in [-0.4, -0.2) is 28.5 Å². The number of aliphatic imine (C=N–C) groups is 1. The lowest BCUT2D eigenvalue weighted by Gasteiger charge is -2.38. The number of ether oxygens (including phenoxy) is 2. The second-order valence-corrected chi connectivity index (χ2v) is 16.6. The average molecular weight is 733 g/mol. The predicted molar refractivity (Wildman–Crippen MR) is 213 cm³/mol. The molecule has 2 N–H and O–H groups in total. The van der Waals surface area contributed by atoms with Crippen LogP contribution < -0.4 is 14.8 Å². The van der Waals surface area contributed by atoms with Crippen molar-refractivity contribution in [1.82, 2.24) is 0 Å². The van der Waals surface area contributed by atoms with Gasteiger partial charge in [-0.2, -0.15) is 0 Å². The number of rotatable bonds is 11. The van der Waals surface area contributed by atoms with E-state index in [0.717, 1.165) is 109 Å². The summed E-state index contributed by atoms with van der Waals surface area (Å²) in [5, 5.41) is 15.4. The molecule has 5 aliphatic rings. The zero-order valence-corrected chi connectivity index (χ0v) is 33.4. The van der Waals surface area contributed by atoms with Gasteiger partial charge in [-0.3, -0.25) is 19.4 Å². The Balaban J connectivity index is 1.19. The highest BCUT2D eigenvalue weighted by molar-refractivity contribution is 6.27. The fourth-order valence-corrected chi connectivity index (χ4v) is 10.1. The number of aliphatic hydroxyl groups is 1. The predicted octanol–water partition coefficient (Wildman–Crippen LogP) is 11.0. The van der Waals surface area contributed by atoms with Gasteiger partial charge in [-0.05, 0) is 150 Å². The van der Waals surface area contributed by atoms with Gasteiger partial charge in [0.1, 0.15) is 17.3 Å². The zero-order chi connectivity index (χ0) is 38.8. The van der Waals surface area contributed by atoms with Crippen LogP contribution in [0.4, 0.5) is 11.4 Å². The molecular formula is C46H56N2O6. The van der Waals surface area contributed by atoms with Crippen LogP contribution in [-0.2, 0) is 25.2 Å². The maximum absolute atomic E-state index is 14.3. The van der Waals surface area contributed by atoms with Gasteiger partial charge in [-0.25, -0.2) is 0 Å². The molecule has 2 aromatic carbocycles. The normalized spacial score (nSPS) is 24.6.